The minimum absolute atomic E-state index is 0.654. The van der Waals surface area contributed by atoms with Crippen LogP contribution in [-0.4, -0.2) is 0 Å². The third-order valence-corrected chi connectivity index (χ3v) is 2.03. The van der Waals surface area contributed by atoms with Gasteiger partial charge in [0.1, 0.15) is 0 Å². The number of hydrogen-bond acceptors (Lipinski definition) is 0. The van der Waals surface area contributed by atoms with E-state index in [0.29, 0.717) is 5.92 Å². The van der Waals surface area contributed by atoms with E-state index in [9.17, 15) is 0 Å². The molecule has 1 aromatic rings. The van der Waals surface area contributed by atoms with Crippen LogP contribution in [0.5, 0.6) is 0 Å². The topological polar surface area (TPSA) is 0 Å². The maximum absolute atomic E-state index is 2.30. The van der Waals surface area contributed by atoms with Crippen molar-refractivity contribution in [3.8, 4) is 0 Å². The summed E-state index contributed by atoms with van der Waals surface area (Å²) in [6.45, 7) is 14.9. The van der Waals surface area contributed by atoms with Gasteiger partial charge in [0.05, 0.1) is 0 Å². The quantitative estimate of drug-likeness (QED) is 0.592. The highest BCUT2D eigenvalue weighted by atomic mass is 14.0. The maximum Gasteiger partial charge on any atom is -0.0219 e. The van der Waals surface area contributed by atoms with Crippen LogP contribution in [0.25, 0.3) is 0 Å². The second kappa shape index (κ2) is 12.3. The van der Waals surface area contributed by atoms with Crippen molar-refractivity contribution in [2.45, 2.75) is 67.2 Å². The molecule has 94 valence electrons. The summed E-state index contributed by atoms with van der Waals surface area (Å²) in [5, 5.41) is 0. The van der Waals surface area contributed by atoms with Crippen molar-refractivity contribution in [1.29, 1.82) is 0 Å². The average Bonchev–Trinajstić information content (AvgIpc) is 2.33. The zero-order valence-electron chi connectivity index (χ0n) is 12.3. The standard InChI is InChI=1S/C11H16.C3H8.C2H6/c1-4-10-6-5-7-11(8-10)9(2)3;1-3-2;1-2/h5-9H,4H2,1-3H3;3H2,1-2H3;1-2H3. The molecule has 0 unspecified atom stereocenters. The van der Waals surface area contributed by atoms with Gasteiger partial charge in [-0.2, -0.15) is 0 Å². The Kier molecular flexibility index (Phi) is 13.5. The summed E-state index contributed by atoms with van der Waals surface area (Å²) in [7, 11) is 0. The van der Waals surface area contributed by atoms with Crippen LogP contribution in [0.15, 0.2) is 24.3 Å². The third-order valence-electron chi connectivity index (χ3n) is 2.03. The van der Waals surface area contributed by atoms with Crippen LogP contribution in [0, 0.1) is 0 Å². The Morgan fingerprint density at radius 3 is 1.88 bits per heavy atom. The molecule has 0 aliphatic heterocycles. The second-order valence-corrected chi connectivity index (χ2v) is 3.96. The molecule has 0 atom stereocenters. The lowest BCUT2D eigenvalue weighted by Crippen LogP contribution is -1.88. The molecule has 0 aliphatic carbocycles. The number of hydrogen-bond donors (Lipinski definition) is 0. The summed E-state index contributed by atoms with van der Waals surface area (Å²) in [5.74, 6) is 0.654. The highest BCUT2D eigenvalue weighted by molar-refractivity contribution is 5.25. The average molecular weight is 222 g/mol. The van der Waals surface area contributed by atoms with Crippen LogP contribution in [0.2, 0.25) is 0 Å². The predicted molar refractivity (Wildman–Crippen MR) is 77.2 cm³/mol. The molecule has 1 rings (SSSR count). The summed E-state index contributed by atoms with van der Waals surface area (Å²) in [5.41, 5.74) is 2.89. The predicted octanol–water partition coefficient (Wildman–Crippen LogP) is 5.81. The first-order valence-corrected chi connectivity index (χ1v) is 6.74. The maximum atomic E-state index is 2.30. The normalized spacial score (nSPS) is 8.75. The van der Waals surface area contributed by atoms with Crippen LogP contribution in [-0.2, 0) is 6.42 Å². The molecule has 0 fully saturated rings. The van der Waals surface area contributed by atoms with E-state index in [0.717, 1.165) is 6.42 Å². The fourth-order valence-corrected chi connectivity index (χ4v) is 1.17. The number of rotatable bonds is 2. The van der Waals surface area contributed by atoms with Crippen molar-refractivity contribution in [2.75, 3.05) is 0 Å². The van der Waals surface area contributed by atoms with Gasteiger partial charge in [0.2, 0.25) is 0 Å². The largest absolute Gasteiger partial charge is 0.0683 e. The van der Waals surface area contributed by atoms with Crippen molar-refractivity contribution in [2.24, 2.45) is 0 Å². The van der Waals surface area contributed by atoms with E-state index >= 15 is 0 Å². The molecule has 0 amide bonds. The molecule has 0 heteroatoms. The first kappa shape index (κ1) is 17.6. The van der Waals surface area contributed by atoms with Crippen molar-refractivity contribution >= 4 is 0 Å². The molecule has 0 bridgehead atoms. The summed E-state index contributed by atoms with van der Waals surface area (Å²) in [6, 6.07) is 8.83. The van der Waals surface area contributed by atoms with Gasteiger partial charge in [-0.25, -0.2) is 0 Å². The number of aryl methyl sites for hydroxylation is 1. The van der Waals surface area contributed by atoms with Gasteiger partial charge in [0.15, 0.2) is 0 Å². The molecule has 0 spiro atoms. The fourth-order valence-electron chi connectivity index (χ4n) is 1.17. The van der Waals surface area contributed by atoms with Crippen LogP contribution in [0.3, 0.4) is 0 Å². The molecule has 1 aromatic carbocycles. The smallest absolute Gasteiger partial charge is 0.0219 e. The van der Waals surface area contributed by atoms with Crippen molar-refractivity contribution < 1.29 is 0 Å². The Hall–Kier alpha value is -0.780. The molecule has 0 heterocycles. The molecular weight excluding hydrogens is 192 g/mol. The Bertz CT molecular complexity index is 236. The van der Waals surface area contributed by atoms with Crippen molar-refractivity contribution in [3.05, 3.63) is 35.4 Å². The zero-order chi connectivity index (χ0) is 13.0. The lowest BCUT2D eigenvalue weighted by atomic mass is 10.0. The van der Waals surface area contributed by atoms with Gasteiger partial charge in [0.25, 0.3) is 0 Å². The highest BCUT2D eigenvalue weighted by Gasteiger charge is 1.97. The van der Waals surface area contributed by atoms with E-state index in [4.69, 9.17) is 0 Å². The molecule has 0 nitrogen and oxygen atoms in total. The molecule has 0 radical (unpaired) electrons. The van der Waals surface area contributed by atoms with Crippen LogP contribution in [0.4, 0.5) is 0 Å². The van der Waals surface area contributed by atoms with Gasteiger partial charge in [-0.15, -0.1) is 0 Å². The van der Waals surface area contributed by atoms with Gasteiger partial charge in [-0.3, -0.25) is 0 Å². The Balaban J connectivity index is 0. The van der Waals surface area contributed by atoms with Gasteiger partial charge >= 0.3 is 0 Å². The zero-order valence-corrected chi connectivity index (χ0v) is 12.3. The van der Waals surface area contributed by atoms with Crippen LogP contribution in [0.1, 0.15) is 71.9 Å². The SMILES string of the molecule is CC.CCC.CCc1cccc(C(C)C)c1. The van der Waals surface area contributed by atoms with E-state index in [1.165, 1.54) is 17.5 Å². The molecule has 0 saturated heterocycles. The Morgan fingerprint density at radius 2 is 1.50 bits per heavy atom. The van der Waals surface area contributed by atoms with Crippen LogP contribution >= 0.6 is 0 Å². The molecular formula is C16H30. The van der Waals surface area contributed by atoms with Gasteiger partial charge < -0.3 is 0 Å². The summed E-state index contributed by atoms with van der Waals surface area (Å²) < 4.78 is 0. The third kappa shape index (κ3) is 8.52. The summed E-state index contributed by atoms with van der Waals surface area (Å²) in [4.78, 5) is 0. The lowest BCUT2D eigenvalue weighted by Gasteiger charge is -2.05. The first-order chi connectivity index (χ1) is 7.65. The van der Waals surface area contributed by atoms with E-state index < -0.39 is 0 Å². The molecule has 0 saturated carbocycles. The van der Waals surface area contributed by atoms with Crippen molar-refractivity contribution in [1.82, 2.24) is 0 Å². The monoisotopic (exact) mass is 222 g/mol. The first-order valence-electron chi connectivity index (χ1n) is 6.74. The van der Waals surface area contributed by atoms with Gasteiger partial charge in [-0.1, -0.05) is 79.2 Å². The Labute approximate surface area is 103 Å². The van der Waals surface area contributed by atoms with Crippen molar-refractivity contribution in [3.63, 3.8) is 0 Å². The Morgan fingerprint density at radius 1 is 1.00 bits per heavy atom. The van der Waals surface area contributed by atoms with E-state index in [2.05, 4.69) is 58.9 Å². The molecule has 0 aliphatic rings. The summed E-state index contributed by atoms with van der Waals surface area (Å²) in [6.07, 6.45) is 2.39. The molecule has 0 N–H and O–H groups in total. The molecule has 16 heavy (non-hydrogen) atoms. The van der Waals surface area contributed by atoms with Gasteiger partial charge in [-0.05, 0) is 23.5 Å². The minimum Gasteiger partial charge on any atom is -0.0683 e. The van der Waals surface area contributed by atoms with E-state index in [-0.39, 0.29) is 0 Å². The van der Waals surface area contributed by atoms with E-state index in [1.807, 2.05) is 13.8 Å². The summed E-state index contributed by atoms with van der Waals surface area (Å²) >= 11 is 0. The fraction of sp³-hybridized carbons (Fsp3) is 0.625. The highest BCUT2D eigenvalue weighted by Crippen LogP contribution is 2.15. The van der Waals surface area contributed by atoms with Crippen LogP contribution < -0.4 is 0 Å². The van der Waals surface area contributed by atoms with Gasteiger partial charge in [0, 0.05) is 0 Å². The molecule has 0 aromatic heterocycles. The minimum atomic E-state index is 0.654. The van der Waals surface area contributed by atoms with E-state index in [1.54, 1.807) is 0 Å². The number of benzene rings is 1. The second-order valence-electron chi connectivity index (χ2n) is 3.96. The lowest BCUT2D eigenvalue weighted by molar-refractivity contribution is 0.862.